The topological polar surface area (TPSA) is 62.1 Å². The zero-order valence-electron chi connectivity index (χ0n) is 10.7. The predicted octanol–water partition coefficient (Wildman–Crippen LogP) is 3.96. The number of para-hydroxylation sites is 2. The maximum absolute atomic E-state index is 11.1. The molecule has 1 N–H and O–H groups in total. The number of anilines is 1. The van der Waals surface area contributed by atoms with E-state index in [1.807, 2.05) is 6.07 Å². The van der Waals surface area contributed by atoms with E-state index in [1.54, 1.807) is 36.4 Å². The van der Waals surface area contributed by atoms with Crippen LogP contribution in [0.3, 0.4) is 0 Å². The number of amides is 1. The summed E-state index contributed by atoms with van der Waals surface area (Å²) < 4.78 is 5.68. The number of nitrogens with zero attached hydrogens (tertiary/aromatic N) is 1. The van der Waals surface area contributed by atoms with Gasteiger partial charge in [0.05, 0.1) is 22.3 Å². The molecule has 0 radical (unpaired) electrons. The van der Waals surface area contributed by atoms with Crippen LogP contribution >= 0.6 is 11.6 Å². The minimum absolute atomic E-state index is 0.188. The standard InChI is InChI=1S/C15H11ClN2O2/c1-10(19)18-13-4-2-3-5-15(13)20-14-7-6-11(9-17)8-12(14)16/h2-8H,1H3,(H,18,19). The number of nitriles is 1. The number of carbonyl (C=O) groups excluding carboxylic acids is 1. The van der Waals surface area contributed by atoms with E-state index in [-0.39, 0.29) is 5.91 Å². The van der Waals surface area contributed by atoms with Crippen molar-refractivity contribution in [3.8, 4) is 17.6 Å². The third kappa shape index (κ3) is 3.28. The Bertz CT molecular complexity index is 693. The van der Waals surface area contributed by atoms with Crippen LogP contribution in [-0.4, -0.2) is 5.91 Å². The summed E-state index contributed by atoms with van der Waals surface area (Å²) in [6, 6.07) is 13.8. The average Bonchev–Trinajstić information content (AvgIpc) is 2.42. The van der Waals surface area contributed by atoms with Crippen LogP contribution in [0.5, 0.6) is 11.5 Å². The monoisotopic (exact) mass is 286 g/mol. The summed E-state index contributed by atoms with van der Waals surface area (Å²) in [5.41, 5.74) is 1.01. The van der Waals surface area contributed by atoms with Crippen LogP contribution in [0.2, 0.25) is 5.02 Å². The number of ether oxygens (including phenoxy) is 1. The highest BCUT2D eigenvalue weighted by Gasteiger charge is 2.08. The fourth-order valence-corrected chi connectivity index (χ4v) is 1.84. The van der Waals surface area contributed by atoms with E-state index in [9.17, 15) is 4.79 Å². The Morgan fingerprint density at radius 1 is 1.25 bits per heavy atom. The van der Waals surface area contributed by atoms with E-state index < -0.39 is 0 Å². The first-order valence-corrected chi connectivity index (χ1v) is 6.22. The minimum atomic E-state index is -0.188. The maximum atomic E-state index is 11.1. The van der Waals surface area contributed by atoms with Crippen molar-refractivity contribution < 1.29 is 9.53 Å². The Morgan fingerprint density at radius 2 is 2.00 bits per heavy atom. The van der Waals surface area contributed by atoms with Crippen molar-refractivity contribution >= 4 is 23.2 Å². The summed E-state index contributed by atoms with van der Waals surface area (Å²) >= 11 is 6.05. The Morgan fingerprint density at radius 3 is 2.65 bits per heavy atom. The van der Waals surface area contributed by atoms with Gasteiger partial charge in [-0.2, -0.15) is 5.26 Å². The summed E-state index contributed by atoms with van der Waals surface area (Å²) in [4.78, 5) is 11.1. The number of benzene rings is 2. The highest BCUT2D eigenvalue weighted by molar-refractivity contribution is 6.32. The first kappa shape index (κ1) is 13.9. The molecule has 0 aromatic heterocycles. The lowest BCUT2D eigenvalue weighted by Gasteiger charge is -2.12. The molecule has 0 heterocycles. The molecule has 1 amide bonds. The highest BCUT2D eigenvalue weighted by atomic mass is 35.5. The average molecular weight is 287 g/mol. The number of nitrogens with one attached hydrogen (secondary N) is 1. The summed E-state index contributed by atoms with van der Waals surface area (Å²) in [6.07, 6.45) is 0. The second-order valence-corrected chi connectivity index (χ2v) is 4.44. The van der Waals surface area contributed by atoms with Crippen molar-refractivity contribution in [2.24, 2.45) is 0 Å². The molecule has 0 bridgehead atoms. The van der Waals surface area contributed by atoms with Gasteiger partial charge in [0.2, 0.25) is 5.91 Å². The molecule has 0 aliphatic rings. The molecule has 4 nitrogen and oxygen atoms in total. The molecule has 0 atom stereocenters. The molecule has 20 heavy (non-hydrogen) atoms. The molecular formula is C15H11ClN2O2. The van der Waals surface area contributed by atoms with Gasteiger partial charge in [-0.3, -0.25) is 4.79 Å². The SMILES string of the molecule is CC(=O)Nc1ccccc1Oc1ccc(C#N)cc1Cl. The molecule has 0 saturated heterocycles. The summed E-state index contributed by atoms with van der Waals surface area (Å²) in [5, 5.41) is 11.8. The van der Waals surface area contributed by atoms with Gasteiger partial charge in [0.25, 0.3) is 0 Å². The first-order valence-electron chi connectivity index (χ1n) is 5.84. The zero-order chi connectivity index (χ0) is 14.5. The highest BCUT2D eigenvalue weighted by Crippen LogP contribution is 2.33. The van der Waals surface area contributed by atoms with Crippen LogP contribution in [0.1, 0.15) is 12.5 Å². The molecule has 0 fully saturated rings. The van der Waals surface area contributed by atoms with E-state index in [0.29, 0.717) is 27.8 Å². The molecule has 0 unspecified atom stereocenters. The van der Waals surface area contributed by atoms with Gasteiger partial charge in [-0.15, -0.1) is 0 Å². The number of halogens is 1. The van der Waals surface area contributed by atoms with Crippen molar-refractivity contribution in [2.45, 2.75) is 6.92 Å². The van der Waals surface area contributed by atoms with Crippen molar-refractivity contribution in [2.75, 3.05) is 5.32 Å². The maximum Gasteiger partial charge on any atom is 0.221 e. The lowest BCUT2D eigenvalue weighted by molar-refractivity contribution is -0.114. The molecule has 2 rings (SSSR count). The van der Waals surface area contributed by atoms with Gasteiger partial charge in [0.15, 0.2) is 5.75 Å². The van der Waals surface area contributed by atoms with Crippen LogP contribution in [0.25, 0.3) is 0 Å². The lowest BCUT2D eigenvalue weighted by atomic mass is 10.2. The molecular weight excluding hydrogens is 276 g/mol. The van der Waals surface area contributed by atoms with Gasteiger partial charge in [-0.25, -0.2) is 0 Å². The smallest absolute Gasteiger partial charge is 0.221 e. The fourth-order valence-electron chi connectivity index (χ4n) is 1.62. The molecule has 5 heteroatoms. The van der Waals surface area contributed by atoms with Gasteiger partial charge in [-0.05, 0) is 30.3 Å². The van der Waals surface area contributed by atoms with E-state index in [2.05, 4.69) is 5.32 Å². The second-order valence-electron chi connectivity index (χ2n) is 4.04. The van der Waals surface area contributed by atoms with Crippen molar-refractivity contribution in [1.82, 2.24) is 0 Å². The Balaban J connectivity index is 2.31. The summed E-state index contributed by atoms with van der Waals surface area (Å²) in [6.45, 7) is 1.42. The molecule has 100 valence electrons. The lowest BCUT2D eigenvalue weighted by Crippen LogP contribution is -2.06. The van der Waals surface area contributed by atoms with Gasteiger partial charge >= 0.3 is 0 Å². The van der Waals surface area contributed by atoms with E-state index in [4.69, 9.17) is 21.6 Å². The van der Waals surface area contributed by atoms with Crippen LogP contribution in [0.15, 0.2) is 42.5 Å². The van der Waals surface area contributed by atoms with E-state index in [0.717, 1.165) is 0 Å². The van der Waals surface area contributed by atoms with Crippen LogP contribution in [0.4, 0.5) is 5.69 Å². The van der Waals surface area contributed by atoms with Gasteiger partial charge < -0.3 is 10.1 Å². The molecule has 2 aromatic carbocycles. The largest absolute Gasteiger partial charge is 0.454 e. The Hall–Kier alpha value is -2.51. The second kappa shape index (κ2) is 6.09. The number of carbonyl (C=O) groups is 1. The van der Waals surface area contributed by atoms with Crippen LogP contribution in [-0.2, 0) is 4.79 Å². The molecule has 0 saturated carbocycles. The molecule has 2 aromatic rings. The minimum Gasteiger partial charge on any atom is -0.454 e. The molecule has 0 aliphatic heterocycles. The van der Waals surface area contributed by atoms with Crippen LogP contribution in [0, 0.1) is 11.3 Å². The quantitative estimate of drug-likeness (QED) is 0.929. The zero-order valence-corrected chi connectivity index (χ0v) is 11.4. The number of hydrogen-bond donors (Lipinski definition) is 1. The Labute approximate surface area is 121 Å². The fraction of sp³-hybridized carbons (Fsp3) is 0.0667. The third-order valence-corrected chi connectivity index (χ3v) is 2.77. The summed E-state index contributed by atoms with van der Waals surface area (Å²) in [5.74, 6) is 0.713. The van der Waals surface area contributed by atoms with Crippen molar-refractivity contribution in [3.05, 3.63) is 53.1 Å². The van der Waals surface area contributed by atoms with E-state index in [1.165, 1.54) is 13.0 Å². The normalized spacial score (nSPS) is 9.65. The number of hydrogen-bond acceptors (Lipinski definition) is 3. The number of rotatable bonds is 3. The first-order chi connectivity index (χ1) is 9.60. The van der Waals surface area contributed by atoms with Crippen molar-refractivity contribution in [3.63, 3.8) is 0 Å². The van der Waals surface area contributed by atoms with Gasteiger partial charge in [0, 0.05) is 6.92 Å². The van der Waals surface area contributed by atoms with Gasteiger partial charge in [-0.1, -0.05) is 23.7 Å². The van der Waals surface area contributed by atoms with E-state index >= 15 is 0 Å². The summed E-state index contributed by atoms with van der Waals surface area (Å²) in [7, 11) is 0. The van der Waals surface area contributed by atoms with Crippen LogP contribution < -0.4 is 10.1 Å². The van der Waals surface area contributed by atoms with Gasteiger partial charge in [0.1, 0.15) is 5.75 Å². The molecule has 0 spiro atoms. The third-order valence-electron chi connectivity index (χ3n) is 2.48. The van der Waals surface area contributed by atoms with Crippen molar-refractivity contribution in [1.29, 1.82) is 5.26 Å². The molecule has 0 aliphatic carbocycles. The Kier molecular flexibility index (Phi) is 4.24. The predicted molar refractivity (Wildman–Crippen MR) is 77.0 cm³/mol.